The lowest BCUT2D eigenvalue weighted by atomic mass is 9.87. The molecule has 0 saturated heterocycles. The number of pyridine rings is 4. The first-order valence-corrected chi connectivity index (χ1v) is 20.2. The zero-order valence-electron chi connectivity index (χ0n) is 30.9. The summed E-state index contributed by atoms with van der Waals surface area (Å²) in [5, 5.41) is 7.11. The fourth-order valence-corrected chi connectivity index (χ4v) is 13.5. The van der Waals surface area contributed by atoms with Crippen molar-refractivity contribution in [3.8, 4) is 28.7 Å². The van der Waals surface area contributed by atoms with E-state index in [0.29, 0.717) is 11.6 Å². The van der Waals surface area contributed by atoms with Gasteiger partial charge in [0.15, 0.2) is 0 Å². The second-order valence-corrected chi connectivity index (χ2v) is 19.7. The van der Waals surface area contributed by atoms with Gasteiger partial charge in [-0.15, -0.1) is 0 Å². The predicted molar refractivity (Wildman–Crippen MR) is 218 cm³/mol. The highest BCUT2D eigenvalue weighted by Gasteiger charge is 2.53. The van der Waals surface area contributed by atoms with Crippen LogP contribution in [0.25, 0.3) is 38.9 Å². The minimum atomic E-state index is -2.87. The van der Waals surface area contributed by atoms with Crippen molar-refractivity contribution >= 4 is 50.8 Å². The zero-order chi connectivity index (χ0) is 36.5. The summed E-state index contributed by atoms with van der Waals surface area (Å²) in [6.07, 6.45) is 7.63. The molecule has 8 aromatic rings. The van der Waals surface area contributed by atoms with Crippen LogP contribution in [0.1, 0.15) is 52.7 Å². The van der Waals surface area contributed by atoms with Gasteiger partial charge in [-0.25, -0.2) is 9.97 Å². The molecule has 6 heterocycles. The number of aromatic nitrogens is 5. The number of fused-ring (bicyclic) bond motifs is 6. The summed E-state index contributed by atoms with van der Waals surface area (Å²) in [6.45, 7) is 13.5. The van der Waals surface area contributed by atoms with Crippen LogP contribution in [-0.4, -0.2) is 32.6 Å². The van der Waals surface area contributed by atoms with Gasteiger partial charge in [-0.05, 0) is 67.8 Å². The number of para-hydroxylation sites is 1. The molecule has 0 N–H and O–H groups in total. The van der Waals surface area contributed by atoms with E-state index in [1.165, 1.54) is 26.7 Å². The topological polar surface area (TPSA) is 65.7 Å². The Labute approximate surface area is 311 Å². The van der Waals surface area contributed by atoms with Crippen LogP contribution in [0.15, 0.2) is 140 Å². The molecule has 0 bridgehead atoms. The first-order valence-electron chi connectivity index (χ1n) is 18.2. The van der Waals surface area contributed by atoms with E-state index in [2.05, 4.69) is 155 Å². The van der Waals surface area contributed by atoms with Crippen LogP contribution in [0.2, 0.25) is 0 Å². The molecule has 1 aliphatic heterocycles. The minimum Gasteiger partial charge on any atom is -0.437 e. The maximum absolute atomic E-state index is 6.65. The number of nitrogens with zero attached hydrogens (tertiary/aromatic N) is 5. The number of rotatable bonds is 5. The lowest BCUT2D eigenvalue weighted by molar-refractivity contribution is 0.462. The van der Waals surface area contributed by atoms with Crippen LogP contribution in [0.4, 0.5) is 0 Å². The van der Waals surface area contributed by atoms with Crippen LogP contribution in [-0.2, 0) is 10.8 Å². The highest BCUT2D eigenvalue weighted by molar-refractivity contribution is 7.22. The quantitative estimate of drug-likeness (QED) is 0.169. The highest BCUT2D eigenvalue weighted by atomic mass is 28.3. The summed E-state index contributed by atoms with van der Waals surface area (Å²) in [5.41, 5.74) is 6.43. The predicted octanol–water partition coefficient (Wildman–Crippen LogP) is 8.11. The largest absolute Gasteiger partial charge is 0.437 e. The van der Waals surface area contributed by atoms with Gasteiger partial charge in [-0.2, -0.15) is 0 Å². The van der Waals surface area contributed by atoms with Crippen molar-refractivity contribution in [2.24, 2.45) is 0 Å². The van der Waals surface area contributed by atoms with Crippen molar-refractivity contribution in [1.82, 2.24) is 24.5 Å². The van der Waals surface area contributed by atoms with Crippen molar-refractivity contribution in [2.75, 3.05) is 0 Å². The second kappa shape index (κ2) is 12.1. The molecule has 5 aromatic heterocycles. The third-order valence-corrected chi connectivity index (χ3v) is 15.4. The van der Waals surface area contributed by atoms with Gasteiger partial charge in [0, 0.05) is 46.3 Å². The third kappa shape index (κ3) is 5.21. The molecular formula is C46H41N5OSi. The minimum absolute atomic E-state index is 0.0184. The van der Waals surface area contributed by atoms with E-state index in [1.54, 1.807) is 0 Å². The Balaban J connectivity index is 1.23. The van der Waals surface area contributed by atoms with Crippen LogP contribution in [0.5, 0.6) is 11.6 Å². The monoisotopic (exact) mass is 707 g/mol. The summed E-state index contributed by atoms with van der Waals surface area (Å²) in [6, 6.07) is 40.9. The zero-order valence-corrected chi connectivity index (χ0v) is 31.9. The number of hydrogen-bond acceptors (Lipinski definition) is 5. The normalized spacial score (nSPS) is 13.6. The van der Waals surface area contributed by atoms with Gasteiger partial charge in [0.05, 0.1) is 22.9 Å². The molecule has 260 valence electrons. The van der Waals surface area contributed by atoms with Crippen LogP contribution < -0.4 is 25.6 Å². The lowest BCUT2D eigenvalue weighted by Gasteiger charge is -2.34. The molecular weight excluding hydrogens is 667 g/mol. The molecule has 0 radical (unpaired) electrons. The Morgan fingerprint density at radius 3 is 1.96 bits per heavy atom. The van der Waals surface area contributed by atoms with Crippen LogP contribution >= 0.6 is 0 Å². The maximum atomic E-state index is 6.65. The van der Waals surface area contributed by atoms with Crippen LogP contribution in [0.3, 0.4) is 0 Å². The molecule has 0 atom stereocenters. The second-order valence-electron chi connectivity index (χ2n) is 16.0. The molecule has 53 heavy (non-hydrogen) atoms. The van der Waals surface area contributed by atoms with Gasteiger partial charge in [-0.1, -0.05) is 120 Å². The first kappa shape index (κ1) is 32.9. The van der Waals surface area contributed by atoms with Crippen molar-refractivity contribution in [1.29, 1.82) is 0 Å². The van der Waals surface area contributed by atoms with E-state index in [9.17, 15) is 0 Å². The molecule has 7 heteroatoms. The first-order chi connectivity index (χ1) is 25.5. The summed E-state index contributed by atoms with van der Waals surface area (Å²) in [4.78, 5) is 20.1. The number of benzene rings is 3. The molecule has 0 fully saturated rings. The third-order valence-electron chi connectivity index (χ3n) is 10.6. The molecule has 0 aliphatic carbocycles. The van der Waals surface area contributed by atoms with E-state index >= 15 is 0 Å². The molecule has 0 amide bonds. The Bertz CT molecular complexity index is 2630. The molecule has 0 unspecified atom stereocenters. The van der Waals surface area contributed by atoms with E-state index in [4.69, 9.17) is 24.7 Å². The van der Waals surface area contributed by atoms with Crippen LogP contribution in [0, 0.1) is 0 Å². The van der Waals surface area contributed by atoms with E-state index in [1.807, 2.05) is 30.9 Å². The molecule has 0 spiro atoms. The maximum Gasteiger partial charge on any atom is 0.221 e. The van der Waals surface area contributed by atoms with E-state index in [-0.39, 0.29) is 10.8 Å². The molecule has 6 nitrogen and oxygen atoms in total. The van der Waals surface area contributed by atoms with Gasteiger partial charge in [0.25, 0.3) is 0 Å². The molecule has 1 aliphatic rings. The fourth-order valence-electron chi connectivity index (χ4n) is 8.15. The summed E-state index contributed by atoms with van der Waals surface area (Å²) in [7, 11) is -2.87. The van der Waals surface area contributed by atoms with Gasteiger partial charge in [-0.3, -0.25) is 14.5 Å². The highest BCUT2D eigenvalue weighted by Crippen LogP contribution is 2.37. The van der Waals surface area contributed by atoms with Gasteiger partial charge >= 0.3 is 0 Å². The van der Waals surface area contributed by atoms with Gasteiger partial charge in [0.2, 0.25) is 14.0 Å². The Morgan fingerprint density at radius 1 is 0.585 bits per heavy atom. The number of hydrogen-bond donors (Lipinski definition) is 0. The van der Waals surface area contributed by atoms with Crippen molar-refractivity contribution in [2.45, 2.75) is 52.4 Å². The fraction of sp³-hybridized carbons (Fsp3) is 0.174. The smallest absolute Gasteiger partial charge is 0.221 e. The summed E-state index contributed by atoms with van der Waals surface area (Å²) >= 11 is 0. The Kier molecular flexibility index (Phi) is 7.50. The van der Waals surface area contributed by atoms with Crippen molar-refractivity contribution in [3.05, 3.63) is 151 Å². The Morgan fingerprint density at radius 2 is 1.26 bits per heavy atom. The lowest BCUT2D eigenvalue weighted by Crippen LogP contribution is -2.74. The van der Waals surface area contributed by atoms with E-state index in [0.717, 1.165) is 44.2 Å². The van der Waals surface area contributed by atoms with Crippen molar-refractivity contribution < 1.29 is 4.74 Å². The average Bonchev–Trinajstić information content (AvgIpc) is 3.65. The van der Waals surface area contributed by atoms with Gasteiger partial charge < -0.3 is 4.74 Å². The van der Waals surface area contributed by atoms with Gasteiger partial charge in [0.1, 0.15) is 11.6 Å². The SMILES string of the molecule is CC(C)(C)c1ccnc(-n2c3ccccc3c3cnc(Oc4cnc5c(c4)-c4nccc(C(C)(C)C)c4[Si]5(c4ccccc4)c4ccccc4)cc32)c1. The van der Waals surface area contributed by atoms with E-state index < -0.39 is 8.07 Å². The molecule has 0 saturated carbocycles. The molecule has 9 rings (SSSR count). The standard InChI is InChI=1S/C46H41N5OSi/c1-45(2,3)30-21-23-47-40(25-30)51-38-20-14-13-19-34(38)36-29-49-41(27-39(36)51)52-31-26-35-42-43(37(22-24-48-42)46(4,5)6)53(44(35)50-28-31,32-15-9-7-10-16-32)33-17-11-8-12-18-33/h7-29H,1-6H3. The summed E-state index contributed by atoms with van der Waals surface area (Å²) in [5.74, 6) is 1.96. The summed E-state index contributed by atoms with van der Waals surface area (Å²) < 4.78 is 8.86. The number of ether oxygens (including phenoxy) is 1. The molecule has 3 aromatic carbocycles. The average molecular weight is 708 g/mol. The van der Waals surface area contributed by atoms with Crippen molar-refractivity contribution in [3.63, 3.8) is 0 Å². The Hall–Kier alpha value is -5.92.